The quantitative estimate of drug-likeness (QED) is 0.853. The monoisotopic (exact) mass is 258 g/mol. The van der Waals surface area contributed by atoms with Crippen molar-refractivity contribution in [3.8, 4) is 0 Å². The van der Waals surface area contributed by atoms with Gasteiger partial charge in [-0.1, -0.05) is 6.92 Å². The highest BCUT2D eigenvalue weighted by molar-refractivity contribution is 5.66. The first-order chi connectivity index (χ1) is 8.31. The van der Waals surface area contributed by atoms with Gasteiger partial charge in [0.25, 0.3) is 0 Å². The molecular weight excluding hydrogens is 242 g/mol. The fourth-order valence-electron chi connectivity index (χ4n) is 1.82. The third-order valence-electron chi connectivity index (χ3n) is 2.79. The second kappa shape index (κ2) is 5.91. The SMILES string of the molecule is Cc1cc(C(O)CC(C)CC(=O)O)c(F)cc1F. The van der Waals surface area contributed by atoms with E-state index in [1.807, 2.05) is 0 Å². The van der Waals surface area contributed by atoms with Gasteiger partial charge in [-0.3, -0.25) is 4.79 Å². The molecule has 1 aromatic rings. The van der Waals surface area contributed by atoms with Crippen LogP contribution in [0.3, 0.4) is 0 Å². The Hall–Kier alpha value is -1.49. The Morgan fingerprint density at radius 3 is 2.50 bits per heavy atom. The normalized spacial score (nSPS) is 14.3. The highest BCUT2D eigenvalue weighted by Gasteiger charge is 2.19. The van der Waals surface area contributed by atoms with Crippen LogP contribution in [-0.4, -0.2) is 16.2 Å². The zero-order valence-electron chi connectivity index (χ0n) is 10.3. The summed E-state index contributed by atoms with van der Waals surface area (Å²) < 4.78 is 26.5. The predicted octanol–water partition coefficient (Wildman–Crippen LogP) is 2.81. The van der Waals surface area contributed by atoms with E-state index < -0.39 is 23.7 Å². The molecule has 1 rings (SSSR count). The number of aliphatic hydroxyl groups excluding tert-OH is 1. The number of aliphatic carboxylic acids is 1. The lowest BCUT2D eigenvalue weighted by molar-refractivity contribution is -0.138. The lowest BCUT2D eigenvalue weighted by atomic mass is 9.94. The summed E-state index contributed by atoms with van der Waals surface area (Å²) in [4.78, 5) is 10.5. The van der Waals surface area contributed by atoms with Gasteiger partial charge in [-0.2, -0.15) is 0 Å². The van der Waals surface area contributed by atoms with E-state index in [2.05, 4.69) is 0 Å². The van der Waals surface area contributed by atoms with Gasteiger partial charge < -0.3 is 10.2 Å². The number of carboxylic acid groups (broad SMARTS) is 1. The minimum atomic E-state index is -1.13. The van der Waals surface area contributed by atoms with Crippen molar-refractivity contribution in [1.82, 2.24) is 0 Å². The third kappa shape index (κ3) is 3.77. The van der Waals surface area contributed by atoms with Gasteiger partial charge in [-0.05, 0) is 30.9 Å². The Morgan fingerprint density at radius 1 is 1.33 bits per heavy atom. The van der Waals surface area contributed by atoms with Gasteiger partial charge in [0.15, 0.2) is 0 Å². The number of halogens is 2. The Morgan fingerprint density at radius 2 is 1.94 bits per heavy atom. The topological polar surface area (TPSA) is 57.5 Å². The fourth-order valence-corrected chi connectivity index (χ4v) is 1.82. The van der Waals surface area contributed by atoms with Gasteiger partial charge in [0.2, 0.25) is 0 Å². The molecule has 2 N–H and O–H groups in total. The summed E-state index contributed by atoms with van der Waals surface area (Å²) in [5.74, 6) is -2.73. The van der Waals surface area contributed by atoms with Crippen LogP contribution < -0.4 is 0 Å². The molecule has 0 saturated heterocycles. The number of aryl methyl sites for hydroxylation is 1. The molecule has 1 aromatic carbocycles. The van der Waals surface area contributed by atoms with Crippen molar-refractivity contribution in [2.75, 3.05) is 0 Å². The van der Waals surface area contributed by atoms with Crippen molar-refractivity contribution in [2.24, 2.45) is 5.92 Å². The zero-order valence-corrected chi connectivity index (χ0v) is 10.3. The summed E-state index contributed by atoms with van der Waals surface area (Å²) in [6.07, 6.45) is -1.11. The predicted molar refractivity (Wildman–Crippen MR) is 62.1 cm³/mol. The second-order valence-electron chi connectivity index (χ2n) is 4.58. The molecule has 18 heavy (non-hydrogen) atoms. The van der Waals surface area contributed by atoms with Crippen LogP contribution in [0.25, 0.3) is 0 Å². The lowest BCUT2D eigenvalue weighted by Gasteiger charge is -2.16. The summed E-state index contributed by atoms with van der Waals surface area (Å²) in [6, 6.07) is 1.98. The van der Waals surface area contributed by atoms with E-state index in [0.29, 0.717) is 0 Å². The maximum absolute atomic E-state index is 13.5. The number of hydrogen-bond acceptors (Lipinski definition) is 2. The zero-order chi connectivity index (χ0) is 13.9. The van der Waals surface area contributed by atoms with Crippen LogP contribution in [0, 0.1) is 24.5 Å². The molecule has 0 saturated carbocycles. The molecule has 2 unspecified atom stereocenters. The van der Waals surface area contributed by atoms with Crippen LogP contribution >= 0.6 is 0 Å². The van der Waals surface area contributed by atoms with Gasteiger partial charge in [-0.15, -0.1) is 0 Å². The molecule has 0 aliphatic carbocycles. The summed E-state index contributed by atoms with van der Waals surface area (Å²) >= 11 is 0. The number of carboxylic acids is 1. The Balaban J connectivity index is 2.81. The maximum Gasteiger partial charge on any atom is 0.303 e. The van der Waals surface area contributed by atoms with Crippen molar-refractivity contribution < 1.29 is 23.8 Å². The third-order valence-corrected chi connectivity index (χ3v) is 2.79. The van der Waals surface area contributed by atoms with Crippen molar-refractivity contribution in [3.05, 3.63) is 34.9 Å². The van der Waals surface area contributed by atoms with E-state index in [-0.39, 0.29) is 29.9 Å². The van der Waals surface area contributed by atoms with E-state index in [1.54, 1.807) is 6.92 Å². The van der Waals surface area contributed by atoms with E-state index in [4.69, 9.17) is 5.11 Å². The highest BCUT2D eigenvalue weighted by atomic mass is 19.1. The molecule has 2 atom stereocenters. The Labute approximate surface area is 104 Å². The average Bonchev–Trinajstić information content (AvgIpc) is 2.21. The number of benzene rings is 1. The van der Waals surface area contributed by atoms with Gasteiger partial charge in [0, 0.05) is 18.1 Å². The minimum Gasteiger partial charge on any atom is -0.481 e. The Kier molecular flexibility index (Phi) is 4.78. The van der Waals surface area contributed by atoms with E-state index in [9.17, 15) is 18.7 Å². The van der Waals surface area contributed by atoms with Crippen LogP contribution in [0.15, 0.2) is 12.1 Å². The largest absolute Gasteiger partial charge is 0.481 e. The van der Waals surface area contributed by atoms with E-state index >= 15 is 0 Å². The second-order valence-corrected chi connectivity index (χ2v) is 4.58. The smallest absolute Gasteiger partial charge is 0.303 e. The van der Waals surface area contributed by atoms with Gasteiger partial charge in [0.1, 0.15) is 11.6 Å². The van der Waals surface area contributed by atoms with Crippen molar-refractivity contribution in [3.63, 3.8) is 0 Å². The average molecular weight is 258 g/mol. The summed E-state index contributed by atoms with van der Waals surface area (Å²) in [5.41, 5.74) is 0.252. The Bertz CT molecular complexity index is 446. The van der Waals surface area contributed by atoms with E-state index in [1.165, 1.54) is 13.0 Å². The number of aliphatic hydroxyl groups is 1. The summed E-state index contributed by atoms with van der Waals surface area (Å²) in [6.45, 7) is 3.14. The van der Waals surface area contributed by atoms with Crippen LogP contribution in [-0.2, 0) is 4.79 Å². The van der Waals surface area contributed by atoms with Crippen LogP contribution in [0.1, 0.15) is 37.0 Å². The first-order valence-corrected chi connectivity index (χ1v) is 5.66. The molecule has 0 heterocycles. The molecule has 100 valence electrons. The number of carbonyl (C=O) groups is 1. The van der Waals surface area contributed by atoms with Gasteiger partial charge in [0.05, 0.1) is 6.10 Å². The lowest BCUT2D eigenvalue weighted by Crippen LogP contribution is -2.10. The molecule has 5 heteroatoms. The summed E-state index contributed by atoms with van der Waals surface area (Å²) in [7, 11) is 0. The van der Waals surface area contributed by atoms with Crippen LogP contribution in [0.5, 0.6) is 0 Å². The molecule has 3 nitrogen and oxygen atoms in total. The van der Waals surface area contributed by atoms with Crippen molar-refractivity contribution in [2.45, 2.75) is 32.8 Å². The first-order valence-electron chi connectivity index (χ1n) is 5.66. The molecule has 0 aromatic heterocycles. The molecule has 0 spiro atoms. The minimum absolute atomic E-state index is 0.00568. The van der Waals surface area contributed by atoms with Gasteiger partial charge in [-0.25, -0.2) is 8.78 Å². The first kappa shape index (κ1) is 14.6. The molecule has 0 aliphatic rings. The molecule has 0 amide bonds. The summed E-state index contributed by atoms with van der Waals surface area (Å²) in [5, 5.41) is 18.4. The number of hydrogen-bond donors (Lipinski definition) is 2. The van der Waals surface area contributed by atoms with Crippen molar-refractivity contribution in [1.29, 1.82) is 0 Å². The number of rotatable bonds is 5. The molecule has 0 aliphatic heterocycles. The fraction of sp³-hybridized carbons (Fsp3) is 0.462. The molecule has 0 radical (unpaired) electrons. The molecule has 0 bridgehead atoms. The molecular formula is C13H16F2O3. The van der Waals surface area contributed by atoms with Gasteiger partial charge >= 0.3 is 5.97 Å². The maximum atomic E-state index is 13.5. The van der Waals surface area contributed by atoms with Crippen molar-refractivity contribution >= 4 is 5.97 Å². The van der Waals surface area contributed by atoms with E-state index in [0.717, 1.165) is 6.07 Å². The van der Waals surface area contributed by atoms with Crippen LogP contribution in [0.2, 0.25) is 0 Å². The van der Waals surface area contributed by atoms with Crippen LogP contribution in [0.4, 0.5) is 8.78 Å². The highest BCUT2D eigenvalue weighted by Crippen LogP contribution is 2.26. The molecule has 0 fully saturated rings. The standard InChI is InChI=1S/C13H16F2O3/c1-7(4-13(17)18)3-12(16)9-5-8(2)10(14)6-11(9)15/h5-7,12,16H,3-4H2,1-2H3,(H,17,18).